The predicted octanol–water partition coefficient (Wildman–Crippen LogP) is 1.71. The molecular formula is C16H24N2O3. The molecule has 0 aromatic heterocycles. The van der Waals surface area contributed by atoms with Crippen LogP contribution >= 0.6 is 0 Å². The minimum atomic E-state index is -0.246. The summed E-state index contributed by atoms with van der Waals surface area (Å²) in [5, 5.41) is 6.15. The topological polar surface area (TPSA) is 59.6 Å². The molecule has 0 radical (unpaired) electrons. The Balaban J connectivity index is 1.89. The first kappa shape index (κ1) is 15.6. The smallest absolute Gasteiger partial charge is 0.236 e. The monoisotopic (exact) mass is 292 g/mol. The molecule has 0 saturated carbocycles. The number of hydrogen-bond donors (Lipinski definition) is 2. The van der Waals surface area contributed by atoms with Crippen molar-refractivity contribution < 1.29 is 14.3 Å². The third kappa shape index (κ3) is 4.36. The van der Waals surface area contributed by atoms with Gasteiger partial charge in [0.25, 0.3) is 0 Å². The van der Waals surface area contributed by atoms with Crippen molar-refractivity contribution in [2.75, 3.05) is 19.8 Å². The summed E-state index contributed by atoms with van der Waals surface area (Å²) in [6, 6.07) is 5.58. The lowest BCUT2D eigenvalue weighted by atomic mass is 10.1. The molecule has 1 heterocycles. The molecule has 0 fully saturated rings. The van der Waals surface area contributed by atoms with E-state index in [1.165, 1.54) is 0 Å². The van der Waals surface area contributed by atoms with Gasteiger partial charge in [0.15, 0.2) is 11.5 Å². The Morgan fingerprint density at radius 3 is 2.76 bits per heavy atom. The van der Waals surface area contributed by atoms with Gasteiger partial charge in [-0.05, 0) is 18.9 Å². The minimum absolute atomic E-state index is 0.0191. The van der Waals surface area contributed by atoms with E-state index in [1.807, 2.05) is 25.1 Å². The molecule has 5 nitrogen and oxygen atoms in total. The van der Waals surface area contributed by atoms with Crippen molar-refractivity contribution in [1.29, 1.82) is 0 Å². The Kier molecular flexibility index (Phi) is 5.44. The molecule has 0 aliphatic carbocycles. The van der Waals surface area contributed by atoms with E-state index in [2.05, 4.69) is 24.5 Å². The van der Waals surface area contributed by atoms with Gasteiger partial charge < -0.3 is 20.1 Å². The Morgan fingerprint density at radius 1 is 1.24 bits per heavy atom. The number of para-hydroxylation sites is 1. The summed E-state index contributed by atoms with van der Waals surface area (Å²) in [4.78, 5) is 11.9. The summed E-state index contributed by atoms with van der Waals surface area (Å²) in [5.41, 5.74) is 1.01. The minimum Gasteiger partial charge on any atom is -0.486 e. The van der Waals surface area contributed by atoms with Gasteiger partial charge in [-0.15, -0.1) is 0 Å². The van der Waals surface area contributed by atoms with Gasteiger partial charge in [-0.2, -0.15) is 0 Å². The molecule has 0 spiro atoms. The molecule has 1 atom stereocenters. The maximum atomic E-state index is 11.9. The number of ether oxygens (including phenoxy) is 2. The number of benzene rings is 1. The fraction of sp³-hybridized carbons (Fsp3) is 0.562. The quantitative estimate of drug-likeness (QED) is 0.838. The lowest BCUT2D eigenvalue weighted by Gasteiger charge is -2.22. The van der Waals surface area contributed by atoms with Crippen LogP contribution in [0, 0.1) is 5.92 Å². The number of hydrogen-bond acceptors (Lipinski definition) is 4. The van der Waals surface area contributed by atoms with Gasteiger partial charge in [0.05, 0.1) is 6.04 Å². The summed E-state index contributed by atoms with van der Waals surface area (Å²) in [6.45, 7) is 8.43. The molecule has 2 rings (SSSR count). The molecular weight excluding hydrogens is 268 g/mol. The third-order valence-corrected chi connectivity index (χ3v) is 3.32. The van der Waals surface area contributed by atoms with Crippen LogP contribution in [0.5, 0.6) is 11.5 Å². The van der Waals surface area contributed by atoms with Crippen LogP contribution in [0.25, 0.3) is 0 Å². The summed E-state index contributed by atoms with van der Waals surface area (Å²) in [6.07, 6.45) is 0. The Hall–Kier alpha value is -1.75. The molecule has 0 saturated heterocycles. The van der Waals surface area contributed by atoms with Gasteiger partial charge in [0.1, 0.15) is 13.2 Å². The second kappa shape index (κ2) is 7.31. The third-order valence-electron chi connectivity index (χ3n) is 3.32. The lowest BCUT2D eigenvalue weighted by Crippen LogP contribution is -2.43. The van der Waals surface area contributed by atoms with Crippen LogP contribution in [0.3, 0.4) is 0 Å². The van der Waals surface area contributed by atoms with Gasteiger partial charge in [-0.1, -0.05) is 26.0 Å². The Labute approximate surface area is 126 Å². The van der Waals surface area contributed by atoms with Gasteiger partial charge in [0, 0.05) is 18.7 Å². The van der Waals surface area contributed by atoms with Crippen molar-refractivity contribution in [1.82, 2.24) is 10.6 Å². The zero-order valence-corrected chi connectivity index (χ0v) is 12.9. The van der Waals surface area contributed by atoms with Crippen LogP contribution in [-0.4, -0.2) is 31.7 Å². The molecule has 1 aliphatic rings. The van der Waals surface area contributed by atoms with E-state index in [4.69, 9.17) is 9.47 Å². The molecule has 2 N–H and O–H groups in total. The van der Waals surface area contributed by atoms with Crippen LogP contribution in [0.4, 0.5) is 0 Å². The van der Waals surface area contributed by atoms with Crippen molar-refractivity contribution >= 4 is 5.91 Å². The second-order valence-corrected chi connectivity index (χ2v) is 5.68. The molecule has 1 unspecified atom stereocenters. The van der Waals surface area contributed by atoms with Crippen molar-refractivity contribution in [2.45, 2.75) is 33.4 Å². The number of nitrogens with one attached hydrogen (secondary N) is 2. The first-order chi connectivity index (χ1) is 10.1. The van der Waals surface area contributed by atoms with Gasteiger partial charge in [0.2, 0.25) is 5.91 Å². The highest BCUT2D eigenvalue weighted by Gasteiger charge is 2.17. The van der Waals surface area contributed by atoms with E-state index in [-0.39, 0.29) is 11.9 Å². The molecule has 5 heteroatoms. The van der Waals surface area contributed by atoms with E-state index in [0.29, 0.717) is 32.2 Å². The van der Waals surface area contributed by atoms with E-state index < -0.39 is 0 Å². The summed E-state index contributed by atoms with van der Waals surface area (Å²) >= 11 is 0. The van der Waals surface area contributed by atoms with E-state index >= 15 is 0 Å². The summed E-state index contributed by atoms with van der Waals surface area (Å²) < 4.78 is 11.2. The number of carbonyl (C=O) groups is 1. The highest BCUT2D eigenvalue weighted by Crippen LogP contribution is 2.33. The van der Waals surface area contributed by atoms with Crippen LogP contribution in [0.1, 0.15) is 26.3 Å². The van der Waals surface area contributed by atoms with Crippen molar-refractivity contribution in [2.24, 2.45) is 5.92 Å². The van der Waals surface area contributed by atoms with Crippen LogP contribution < -0.4 is 20.1 Å². The van der Waals surface area contributed by atoms with E-state index in [1.54, 1.807) is 0 Å². The fourth-order valence-corrected chi connectivity index (χ4v) is 2.09. The lowest BCUT2D eigenvalue weighted by molar-refractivity contribution is -0.122. The molecule has 1 aliphatic heterocycles. The normalized spacial score (nSPS) is 14.9. The first-order valence-corrected chi connectivity index (χ1v) is 7.46. The maximum Gasteiger partial charge on any atom is 0.236 e. The van der Waals surface area contributed by atoms with Gasteiger partial charge >= 0.3 is 0 Å². The van der Waals surface area contributed by atoms with E-state index in [9.17, 15) is 4.79 Å². The number of carbonyl (C=O) groups excluding carboxylic acids is 1. The van der Waals surface area contributed by atoms with Crippen LogP contribution in [-0.2, 0) is 11.3 Å². The maximum absolute atomic E-state index is 11.9. The molecule has 1 amide bonds. The van der Waals surface area contributed by atoms with Crippen LogP contribution in [0.15, 0.2) is 18.2 Å². The molecule has 116 valence electrons. The van der Waals surface area contributed by atoms with Crippen molar-refractivity contribution in [3.05, 3.63) is 23.8 Å². The highest BCUT2D eigenvalue weighted by molar-refractivity contribution is 5.81. The van der Waals surface area contributed by atoms with Gasteiger partial charge in [-0.3, -0.25) is 4.79 Å². The Bertz CT molecular complexity index is 488. The Morgan fingerprint density at radius 2 is 2.00 bits per heavy atom. The largest absolute Gasteiger partial charge is 0.486 e. The van der Waals surface area contributed by atoms with Crippen molar-refractivity contribution in [3.63, 3.8) is 0 Å². The second-order valence-electron chi connectivity index (χ2n) is 5.68. The summed E-state index contributed by atoms with van der Waals surface area (Å²) in [7, 11) is 0. The molecule has 1 aromatic carbocycles. The van der Waals surface area contributed by atoms with Crippen LogP contribution in [0.2, 0.25) is 0 Å². The summed E-state index contributed by atoms with van der Waals surface area (Å²) in [5.74, 6) is 2.03. The fourth-order valence-electron chi connectivity index (χ4n) is 2.09. The average molecular weight is 292 g/mol. The zero-order chi connectivity index (χ0) is 15.2. The molecule has 0 bridgehead atoms. The number of rotatable bonds is 6. The highest BCUT2D eigenvalue weighted by atomic mass is 16.6. The predicted molar refractivity (Wildman–Crippen MR) is 81.6 cm³/mol. The molecule has 1 aromatic rings. The number of amides is 1. The SMILES string of the molecule is CC(C)CNC(=O)C(C)NCc1cccc2c1OCCO2. The molecule has 21 heavy (non-hydrogen) atoms. The first-order valence-electron chi connectivity index (χ1n) is 7.46. The number of fused-ring (bicyclic) bond motifs is 1. The van der Waals surface area contributed by atoms with E-state index in [0.717, 1.165) is 17.1 Å². The average Bonchev–Trinajstić information content (AvgIpc) is 2.50. The van der Waals surface area contributed by atoms with Crippen molar-refractivity contribution in [3.8, 4) is 11.5 Å². The standard InChI is InChI=1S/C16H24N2O3/c1-11(2)9-18-16(19)12(3)17-10-13-5-4-6-14-15(13)21-8-7-20-14/h4-6,11-12,17H,7-10H2,1-3H3,(H,18,19). The zero-order valence-electron chi connectivity index (χ0n) is 12.9. The van der Waals surface area contributed by atoms with Gasteiger partial charge in [-0.25, -0.2) is 0 Å².